The van der Waals surface area contributed by atoms with E-state index in [0.29, 0.717) is 18.7 Å². The number of carbonyl (C=O) groups is 1. The minimum Gasteiger partial charge on any atom is -0.340 e. The highest BCUT2D eigenvalue weighted by atomic mass is 35.5. The standard InChI is InChI=1S/C15H25N3O3S.ClH/c1-12(2)18(5)22(20,21)14-8-6-7-13(11-14)15(19)17(4)10-9-16-3;/h6-8,11-12,16H,9-10H2,1-5H3;1H. The quantitative estimate of drug-likeness (QED) is 0.795. The van der Waals surface area contributed by atoms with Gasteiger partial charge in [-0.3, -0.25) is 4.79 Å². The molecule has 0 saturated carbocycles. The van der Waals surface area contributed by atoms with Crippen molar-refractivity contribution in [3.63, 3.8) is 0 Å². The molecule has 0 atom stereocenters. The fraction of sp³-hybridized carbons (Fsp3) is 0.533. The molecule has 0 saturated heterocycles. The van der Waals surface area contributed by atoms with Gasteiger partial charge in [0.1, 0.15) is 0 Å². The van der Waals surface area contributed by atoms with Crippen LogP contribution in [0.3, 0.4) is 0 Å². The lowest BCUT2D eigenvalue weighted by atomic mass is 10.2. The van der Waals surface area contributed by atoms with Gasteiger partial charge in [-0.25, -0.2) is 8.42 Å². The zero-order valence-electron chi connectivity index (χ0n) is 14.2. The van der Waals surface area contributed by atoms with E-state index in [1.165, 1.54) is 23.5 Å². The number of amides is 1. The van der Waals surface area contributed by atoms with Gasteiger partial charge in [0.15, 0.2) is 0 Å². The molecule has 132 valence electrons. The van der Waals surface area contributed by atoms with Crippen molar-refractivity contribution in [2.45, 2.75) is 24.8 Å². The molecule has 0 radical (unpaired) electrons. The second-order valence-electron chi connectivity index (χ2n) is 5.47. The van der Waals surface area contributed by atoms with Crippen LogP contribution in [0.1, 0.15) is 24.2 Å². The van der Waals surface area contributed by atoms with Crippen molar-refractivity contribution in [2.24, 2.45) is 0 Å². The van der Waals surface area contributed by atoms with E-state index in [0.717, 1.165) is 0 Å². The van der Waals surface area contributed by atoms with Crippen LogP contribution in [0.2, 0.25) is 0 Å². The molecule has 1 rings (SSSR count). The molecule has 0 aliphatic rings. The molecule has 23 heavy (non-hydrogen) atoms. The lowest BCUT2D eigenvalue weighted by Gasteiger charge is -2.22. The Hall–Kier alpha value is -1.15. The molecule has 1 N–H and O–H groups in total. The van der Waals surface area contributed by atoms with Crippen LogP contribution in [-0.4, -0.2) is 63.8 Å². The number of halogens is 1. The first-order valence-electron chi connectivity index (χ1n) is 7.20. The number of hydrogen-bond donors (Lipinski definition) is 1. The van der Waals surface area contributed by atoms with Crippen molar-refractivity contribution < 1.29 is 13.2 Å². The highest BCUT2D eigenvalue weighted by molar-refractivity contribution is 7.89. The molecule has 0 aliphatic carbocycles. The summed E-state index contributed by atoms with van der Waals surface area (Å²) in [4.78, 5) is 14.0. The fourth-order valence-electron chi connectivity index (χ4n) is 1.83. The average Bonchev–Trinajstić information content (AvgIpc) is 2.50. The Morgan fingerprint density at radius 2 is 1.87 bits per heavy atom. The van der Waals surface area contributed by atoms with E-state index >= 15 is 0 Å². The Morgan fingerprint density at radius 3 is 2.39 bits per heavy atom. The second kappa shape index (κ2) is 9.22. The van der Waals surface area contributed by atoms with Crippen LogP contribution in [0.5, 0.6) is 0 Å². The van der Waals surface area contributed by atoms with Gasteiger partial charge >= 0.3 is 0 Å². The van der Waals surface area contributed by atoms with Crippen molar-refractivity contribution in [1.29, 1.82) is 0 Å². The molecule has 1 aromatic rings. The van der Waals surface area contributed by atoms with E-state index in [1.54, 1.807) is 37.9 Å². The Morgan fingerprint density at radius 1 is 1.26 bits per heavy atom. The van der Waals surface area contributed by atoms with Crippen molar-refractivity contribution in [1.82, 2.24) is 14.5 Å². The number of carbonyl (C=O) groups excluding carboxylic acids is 1. The zero-order chi connectivity index (χ0) is 16.9. The van der Waals surface area contributed by atoms with E-state index < -0.39 is 10.0 Å². The molecular formula is C15H26ClN3O3S. The van der Waals surface area contributed by atoms with Crippen molar-refractivity contribution in [3.05, 3.63) is 29.8 Å². The summed E-state index contributed by atoms with van der Waals surface area (Å²) in [5.74, 6) is -0.195. The summed E-state index contributed by atoms with van der Waals surface area (Å²) in [6, 6.07) is 6.03. The van der Waals surface area contributed by atoms with E-state index in [1.807, 2.05) is 7.05 Å². The fourth-order valence-corrected chi connectivity index (χ4v) is 3.25. The largest absolute Gasteiger partial charge is 0.340 e. The molecule has 8 heteroatoms. The van der Waals surface area contributed by atoms with Gasteiger partial charge in [-0.1, -0.05) is 6.07 Å². The molecule has 1 amide bonds. The summed E-state index contributed by atoms with van der Waals surface area (Å²) < 4.78 is 26.3. The van der Waals surface area contributed by atoms with Crippen LogP contribution in [0.25, 0.3) is 0 Å². The first kappa shape index (κ1) is 21.9. The van der Waals surface area contributed by atoms with Gasteiger partial charge in [-0.15, -0.1) is 12.4 Å². The van der Waals surface area contributed by atoms with Crippen LogP contribution >= 0.6 is 12.4 Å². The SMILES string of the molecule is CNCCN(C)C(=O)c1cccc(S(=O)(=O)N(C)C(C)C)c1.Cl. The van der Waals surface area contributed by atoms with Crippen molar-refractivity contribution >= 4 is 28.3 Å². The molecule has 0 unspecified atom stereocenters. The van der Waals surface area contributed by atoms with E-state index in [2.05, 4.69) is 5.32 Å². The maximum atomic E-state index is 12.5. The van der Waals surface area contributed by atoms with Crippen LogP contribution in [0, 0.1) is 0 Å². The molecule has 0 fully saturated rings. The van der Waals surface area contributed by atoms with Crippen LogP contribution in [0.15, 0.2) is 29.2 Å². The molecule has 0 bridgehead atoms. The van der Waals surface area contributed by atoms with Gasteiger partial charge in [0.05, 0.1) is 4.90 Å². The number of rotatable bonds is 7. The van der Waals surface area contributed by atoms with Crippen LogP contribution < -0.4 is 5.32 Å². The Bertz CT molecular complexity index is 620. The molecule has 6 nitrogen and oxygen atoms in total. The van der Waals surface area contributed by atoms with Crippen LogP contribution in [-0.2, 0) is 10.0 Å². The number of benzene rings is 1. The van der Waals surface area contributed by atoms with Gasteiger partial charge in [0.25, 0.3) is 5.91 Å². The average molecular weight is 364 g/mol. The van der Waals surface area contributed by atoms with E-state index in [-0.39, 0.29) is 29.3 Å². The number of sulfonamides is 1. The molecule has 0 aliphatic heterocycles. The third-order valence-electron chi connectivity index (χ3n) is 3.53. The molecule has 1 aromatic carbocycles. The predicted octanol–water partition coefficient (Wildman–Crippen LogP) is 1.43. The first-order valence-corrected chi connectivity index (χ1v) is 8.64. The summed E-state index contributed by atoms with van der Waals surface area (Å²) in [6.45, 7) is 4.84. The molecule has 0 aromatic heterocycles. The van der Waals surface area contributed by atoms with Gasteiger partial charge in [-0.2, -0.15) is 4.31 Å². The number of nitrogens with zero attached hydrogens (tertiary/aromatic N) is 2. The summed E-state index contributed by atoms with van der Waals surface area (Å²) in [6.07, 6.45) is 0. The third-order valence-corrected chi connectivity index (χ3v) is 5.56. The van der Waals surface area contributed by atoms with Crippen LogP contribution in [0.4, 0.5) is 0 Å². The summed E-state index contributed by atoms with van der Waals surface area (Å²) in [7, 11) is 1.46. The summed E-state index contributed by atoms with van der Waals surface area (Å²) in [5, 5.41) is 2.97. The number of likely N-dealkylation sites (N-methyl/N-ethyl adjacent to an activating group) is 2. The zero-order valence-corrected chi connectivity index (χ0v) is 15.9. The predicted molar refractivity (Wildman–Crippen MR) is 94.7 cm³/mol. The van der Waals surface area contributed by atoms with E-state index in [9.17, 15) is 13.2 Å². The second-order valence-corrected chi connectivity index (χ2v) is 7.47. The Balaban J connectivity index is 0.00000484. The van der Waals surface area contributed by atoms with Gasteiger partial charge < -0.3 is 10.2 Å². The topological polar surface area (TPSA) is 69.7 Å². The summed E-state index contributed by atoms with van der Waals surface area (Å²) in [5.41, 5.74) is 0.372. The molecule has 0 heterocycles. The minimum absolute atomic E-state index is 0. The normalized spacial score (nSPS) is 11.4. The van der Waals surface area contributed by atoms with Crippen molar-refractivity contribution in [2.75, 3.05) is 34.2 Å². The molecular weight excluding hydrogens is 338 g/mol. The smallest absolute Gasteiger partial charge is 0.253 e. The van der Waals surface area contributed by atoms with Gasteiger partial charge in [0, 0.05) is 38.8 Å². The maximum Gasteiger partial charge on any atom is 0.253 e. The summed E-state index contributed by atoms with van der Waals surface area (Å²) >= 11 is 0. The Labute approximate surface area is 145 Å². The first-order chi connectivity index (χ1) is 10.2. The van der Waals surface area contributed by atoms with Gasteiger partial charge in [0.2, 0.25) is 10.0 Å². The highest BCUT2D eigenvalue weighted by Crippen LogP contribution is 2.18. The number of nitrogens with one attached hydrogen (secondary N) is 1. The van der Waals surface area contributed by atoms with E-state index in [4.69, 9.17) is 0 Å². The minimum atomic E-state index is -3.59. The number of hydrogen-bond acceptors (Lipinski definition) is 4. The molecule has 0 spiro atoms. The highest BCUT2D eigenvalue weighted by Gasteiger charge is 2.24. The third kappa shape index (κ3) is 5.46. The van der Waals surface area contributed by atoms with Gasteiger partial charge in [-0.05, 0) is 39.1 Å². The lowest BCUT2D eigenvalue weighted by Crippen LogP contribution is -2.34. The Kier molecular flexibility index (Phi) is 8.76. The monoisotopic (exact) mass is 363 g/mol. The lowest BCUT2D eigenvalue weighted by molar-refractivity contribution is 0.0796. The van der Waals surface area contributed by atoms with Crippen molar-refractivity contribution in [3.8, 4) is 0 Å². The maximum absolute atomic E-state index is 12.5.